The summed E-state index contributed by atoms with van der Waals surface area (Å²) in [4.78, 5) is 16.8. The molecule has 0 bridgehead atoms. The van der Waals surface area contributed by atoms with E-state index in [2.05, 4.69) is 22.5 Å². The van der Waals surface area contributed by atoms with E-state index in [0.717, 1.165) is 25.0 Å². The maximum atomic E-state index is 13.6. The highest BCUT2D eigenvalue weighted by molar-refractivity contribution is 7.80. The summed E-state index contributed by atoms with van der Waals surface area (Å²) >= 11 is 11.3. The molecule has 0 spiro atoms. The van der Waals surface area contributed by atoms with Gasteiger partial charge in [-0.25, -0.2) is 13.8 Å². The topological polar surface area (TPSA) is 76.4 Å². The molecule has 1 heterocycles. The SMILES string of the molecule is CCCCOc1ccc(C(=O)NC(=S)Nc2ccc3oc(-c4cc(F)c(F)cc4Cl)nc3c2)cc1. The number of anilines is 1. The summed E-state index contributed by atoms with van der Waals surface area (Å²) in [5, 5.41) is 5.59. The van der Waals surface area contributed by atoms with Gasteiger partial charge in [0, 0.05) is 11.3 Å². The number of nitrogens with one attached hydrogen (secondary N) is 2. The van der Waals surface area contributed by atoms with Crippen LogP contribution in [0.1, 0.15) is 30.1 Å². The van der Waals surface area contributed by atoms with Gasteiger partial charge < -0.3 is 14.5 Å². The fraction of sp³-hybridized carbons (Fsp3) is 0.160. The molecular formula is C25H20ClF2N3O3S. The molecule has 0 radical (unpaired) electrons. The maximum Gasteiger partial charge on any atom is 0.257 e. The number of fused-ring (bicyclic) bond motifs is 1. The molecule has 0 unspecified atom stereocenters. The van der Waals surface area contributed by atoms with E-state index in [4.69, 9.17) is 33.0 Å². The molecular weight excluding hydrogens is 496 g/mol. The van der Waals surface area contributed by atoms with Crippen molar-refractivity contribution in [2.24, 2.45) is 0 Å². The second-order valence-corrected chi connectivity index (χ2v) is 8.40. The molecule has 0 aliphatic heterocycles. The van der Waals surface area contributed by atoms with E-state index >= 15 is 0 Å². The summed E-state index contributed by atoms with van der Waals surface area (Å²) in [6.45, 7) is 2.71. The molecule has 1 aromatic heterocycles. The number of aromatic nitrogens is 1. The minimum absolute atomic E-state index is 0.0294. The summed E-state index contributed by atoms with van der Waals surface area (Å²) in [6.07, 6.45) is 2.00. The highest BCUT2D eigenvalue weighted by Crippen LogP contribution is 2.32. The number of hydrogen-bond acceptors (Lipinski definition) is 5. The number of amides is 1. The molecule has 2 N–H and O–H groups in total. The number of rotatable bonds is 7. The third kappa shape index (κ3) is 5.93. The Kier molecular flexibility index (Phi) is 7.57. The standard InChI is InChI=1S/C25H20ClF2N3O3S/c1-2-3-10-33-16-7-4-14(5-8-16)23(32)31-25(35)29-15-6-9-22-21(11-15)30-24(34-22)17-12-19(27)20(28)13-18(17)26/h4-9,11-13H,2-3,10H2,1H3,(H2,29,31,32,35). The molecule has 0 fully saturated rings. The van der Waals surface area contributed by atoms with Crippen LogP contribution in [0.3, 0.4) is 0 Å². The number of oxazole rings is 1. The smallest absolute Gasteiger partial charge is 0.257 e. The number of thiocarbonyl (C=S) groups is 1. The summed E-state index contributed by atoms with van der Waals surface area (Å²) in [6, 6.07) is 13.5. The van der Waals surface area contributed by atoms with Gasteiger partial charge in [-0.3, -0.25) is 10.1 Å². The fourth-order valence-electron chi connectivity index (χ4n) is 3.18. The largest absolute Gasteiger partial charge is 0.494 e. The van der Waals surface area contributed by atoms with Crippen molar-refractivity contribution in [1.29, 1.82) is 0 Å². The van der Waals surface area contributed by atoms with Crippen LogP contribution in [0.25, 0.3) is 22.6 Å². The van der Waals surface area contributed by atoms with Crippen LogP contribution in [0.5, 0.6) is 5.75 Å². The Bertz CT molecular complexity index is 1390. The van der Waals surface area contributed by atoms with Crippen LogP contribution in [0, 0.1) is 11.6 Å². The first kappa shape index (κ1) is 24.6. The van der Waals surface area contributed by atoms with E-state index < -0.39 is 11.6 Å². The molecule has 0 saturated heterocycles. The minimum Gasteiger partial charge on any atom is -0.494 e. The molecule has 180 valence electrons. The fourth-order valence-corrected chi connectivity index (χ4v) is 3.62. The Morgan fingerprint density at radius 2 is 1.86 bits per heavy atom. The molecule has 0 saturated carbocycles. The number of benzene rings is 3. The van der Waals surface area contributed by atoms with Gasteiger partial charge in [-0.2, -0.15) is 0 Å². The van der Waals surface area contributed by atoms with E-state index in [-0.39, 0.29) is 27.5 Å². The quantitative estimate of drug-likeness (QED) is 0.161. The maximum absolute atomic E-state index is 13.6. The minimum atomic E-state index is -1.06. The van der Waals surface area contributed by atoms with Gasteiger partial charge in [-0.05, 0) is 73.2 Å². The number of unbranched alkanes of at least 4 members (excludes halogenated alkanes) is 1. The van der Waals surface area contributed by atoms with Gasteiger partial charge in [0.25, 0.3) is 5.91 Å². The molecule has 0 aliphatic rings. The van der Waals surface area contributed by atoms with Gasteiger partial charge in [-0.1, -0.05) is 24.9 Å². The van der Waals surface area contributed by atoms with E-state index in [0.29, 0.717) is 34.7 Å². The zero-order chi connectivity index (χ0) is 24.9. The Labute approximate surface area is 210 Å². The molecule has 6 nitrogen and oxygen atoms in total. The number of carbonyl (C=O) groups is 1. The average Bonchev–Trinajstić information content (AvgIpc) is 3.25. The second-order valence-electron chi connectivity index (χ2n) is 7.58. The Balaban J connectivity index is 1.41. The molecule has 35 heavy (non-hydrogen) atoms. The molecule has 10 heteroatoms. The van der Waals surface area contributed by atoms with Gasteiger partial charge in [0.05, 0.1) is 17.2 Å². The second kappa shape index (κ2) is 10.8. The lowest BCUT2D eigenvalue weighted by Crippen LogP contribution is -2.34. The molecule has 4 rings (SSSR count). The van der Waals surface area contributed by atoms with Crippen molar-refractivity contribution in [1.82, 2.24) is 10.3 Å². The number of nitrogens with zero attached hydrogens (tertiary/aromatic N) is 1. The van der Waals surface area contributed by atoms with Crippen molar-refractivity contribution in [2.45, 2.75) is 19.8 Å². The normalized spacial score (nSPS) is 10.9. The van der Waals surface area contributed by atoms with Gasteiger partial charge >= 0.3 is 0 Å². The van der Waals surface area contributed by atoms with Gasteiger partial charge in [-0.15, -0.1) is 0 Å². The van der Waals surface area contributed by atoms with E-state index in [9.17, 15) is 13.6 Å². The van der Waals surface area contributed by atoms with Crippen LogP contribution in [0.2, 0.25) is 5.02 Å². The monoisotopic (exact) mass is 515 g/mol. The first-order chi connectivity index (χ1) is 16.8. The highest BCUT2D eigenvalue weighted by atomic mass is 35.5. The van der Waals surface area contributed by atoms with Gasteiger partial charge in [0.2, 0.25) is 5.89 Å². The van der Waals surface area contributed by atoms with Crippen molar-refractivity contribution >= 4 is 51.6 Å². The summed E-state index contributed by atoms with van der Waals surface area (Å²) in [7, 11) is 0. The lowest BCUT2D eigenvalue weighted by Gasteiger charge is -2.10. The lowest BCUT2D eigenvalue weighted by atomic mass is 10.2. The predicted octanol–water partition coefficient (Wildman–Crippen LogP) is 6.73. The zero-order valence-electron chi connectivity index (χ0n) is 18.5. The Hall–Kier alpha value is -3.56. The summed E-state index contributed by atoms with van der Waals surface area (Å²) in [5.41, 5.74) is 1.93. The van der Waals surface area contributed by atoms with Crippen molar-refractivity contribution in [3.8, 4) is 17.2 Å². The zero-order valence-corrected chi connectivity index (χ0v) is 20.1. The number of ether oxygens (including phenoxy) is 1. The van der Waals surface area contributed by atoms with Crippen molar-refractivity contribution < 1.29 is 22.7 Å². The van der Waals surface area contributed by atoms with Crippen molar-refractivity contribution in [3.05, 3.63) is 76.8 Å². The van der Waals surface area contributed by atoms with Crippen LogP contribution in [0.4, 0.5) is 14.5 Å². The Morgan fingerprint density at radius 3 is 2.60 bits per heavy atom. The van der Waals surface area contributed by atoms with E-state index in [1.54, 1.807) is 42.5 Å². The van der Waals surface area contributed by atoms with Crippen molar-refractivity contribution in [2.75, 3.05) is 11.9 Å². The molecule has 3 aromatic carbocycles. The number of halogens is 3. The lowest BCUT2D eigenvalue weighted by molar-refractivity contribution is 0.0977. The molecule has 1 amide bonds. The van der Waals surface area contributed by atoms with E-state index in [1.807, 2.05) is 0 Å². The molecule has 0 aliphatic carbocycles. The first-order valence-electron chi connectivity index (χ1n) is 10.7. The van der Waals surface area contributed by atoms with Gasteiger partial charge in [0.1, 0.15) is 11.3 Å². The first-order valence-corrected chi connectivity index (χ1v) is 11.5. The average molecular weight is 516 g/mol. The van der Waals surface area contributed by atoms with Gasteiger partial charge in [0.15, 0.2) is 22.3 Å². The van der Waals surface area contributed by atoms with Crippen LogP contribution in [0.15, 0.2) is 59.0 Å². The van der Waals surface area contributed by atoms with Crippen LogP contribution < -0.4 is 15.4 Å². The highest BCUT2D eigenvalue weighted by Gasteiger charge is 2.16. The predicted molar refractivity (Wildman–Crippen MR) is 135 cm³/mol. The third-order valence-electron chi connectivity index (χ3n) is 5.00. The number of hydrogen-bond donors (Lipinski definition) is 2. The van der Waals surface area contributed by atoms with Crippen LogP contribution >= 0.6 is 23.8 Å². The Morgan fingerprint density at radius 1 is 1.11 bits per heavy atom. The molecule has 4 aromatic rings. The molecule has 0 atom stereocenters. The number of carbonyl (C=O) groups excluding carboxylic acids is 1. The summed E-state index contributed by atoms with van der Waals surface area (Å²) in [5.74, 6) is -1.76. The third-order valence-corrected chi connectivity index (χ3v) is 5.51. The summed E-state index contributed by atoms with van der Waals surface area (Å²) < 4.78 is 38.2. The van der Waals surface area contributed by atoms with E-state index in [1.165, 1.54) is 0 Å². The van der Waals surface area contributed by atoms with Crippen LogP contribution in [-0.2, 0) is 0 Å². The van der Waals surface area contributed by atoms with Crippen molar-refractivity contribution in [3.63, 3.8) is 0 Å². The van der Waals surface area contributed by atoms with Crippen LogP contribution in [-0.4, -0.2) is 22.6 Å².